The van der Waals surface area contributed by atoms with Crippen LogP contribution in [0, 0.1) is 0 Å². The molecule has 25 heavy (non-hydrogen) atoms. The first-order valence-electron chi connectivity index (χ1n) is 7.29. The maximum absolute atomic E-state index is 11.0. The van der Waals surface area contributed by atoms with Gasteiger partial charge in [0.1, 0.15) is 0 Å². The smallest absolute Gasteiger partial charge is 0.398 e. The van der Waals surface area contributed by atoms with Gasteiger partial charge in [0.25, 0.3) is 5.91 Å². The van der Waals surface area contributed by atoms with Crippen molar-refractivity contribution in [3.63, 3.8) is 0 Å². The van der Waals surface area contributed by atoms with E-state index in [1.54, 1.807) is 55.6 Å². The molecule has 8 heteroatoms. The van der Waals surface area contributed by atoms with E-state index in [0.717, 1.165) is 0 Å². The van der Waals surface area contributed by atoms with Gasteiger partial charge in [0.05, 0.1) is 16.5 Å². The van der Waals surface area contributed by atoms with Crippen LogP contribution in [-0.2, 0) is 0 Å². The van der Waals surface area contributed by atoms with Gasteiger partial charge in [0.15, 0.2) is 0 Å². The lowest BCUT2D eigenvalue weighted by atomic mass is 10.2. The molecule has 0 aliphatic rings. The van der Waals surface area contributed by atoms with Crippen molar-refractivity contribution in [3.8, 4) is 0 Å². The Hall–Kier alpha value is -3.39. The van der Waals surface area contributed by atoms with E-state index >= 15 is 0 Å². The van der Waals surface area contributed by atoms with Crippen molar-refractivity contribution in [2.45, 2.75) is 0 Å². The Balaban J connectivity index is 0.000000229. The van der Waals surface area contributed by atoms with Crippen LogP contribution >= 0.6 is 0 Å². The van der Waals surface area contributed by atoms with Gasteiger partial charge in [0, 0.05) is 12.7 Å². The van der Waals surface area contributed by atoms with Gasteiger partial charge >= 0.3 is 11.4 Å². The molecule has 0 atom stereocenters. The van der Waals surface area contributed by atoms with Crippen molar-refractivity contribution in [2.75, 3.05) is 19.8 Å². The zero-order valence-electron chi connectivity index (χ0n) is 13.9. The number of benzene rings is 2. The summed E-state index contributed by atoms with van der Waals surface area (Å²) in [6.45, 7) is 0. The summed E-state index contributed by atoms with van der Waals surface area (Å²) in [4.78, 5) is 35.1. The minimum absolute atomic E-state index is 0.150. The highest BCUT2D eigenvalue weighted by Crippen LogP contribution is 2.09. The number of carbonyl (C=O) groups is 1. The van der Waals surface area contributed by atoms with Crippen LogP contribution in [0.1, 0.15) is 10.4 Å². The standard InChI is InChI=1S/C8H10N2O.C8H5NO3.CH5N/c1-10-8(11)6-4-2-3-5-7(6)9;10-7-5-3-1-2-4-6(5)9-8(11)12-7;1-2/h2-5H,9H2,1H3,(H,10,11);1-4H,(H,9,11);2H2,1H3. The molecule has 0 saturated carbocycles. The lowest BCUT2D eigenvalue weighted by Crippen LogP contribution is -2.19. The van der Waals surface area contributed by atoms with E-state index in [1.165, 1.54) is 7.05 Å². The highest BCUT2D eigenvalue weighted by Gasteiger charge is 2.04. The number of hydrogen-bond acceptors (Lipinski definition) is 6. The Bertz CT molecular complexity index is 947. The van der Waals surface area contributed by atoms with Crippen molar-refractivity contribution in [2.24, 2.45) is 5.73 Å². The predicted octanol–water partition coefficient (Wildman–Crippen LogP) is 0.685. The molecule has 6 N–H and O–H groups in total. The number of nitrogens with one attached hydrogen (secondary N) is 2. The van der Waals surface area contributed by atoms with E-state index in [2.05, 4.69) is 20.5 Å². The Morgan fingerprint density at radius 2 is 1.64 bits per heavy atom. The second kappa shape index (κ2) is 9.68. The number of carbonyl (C=O) groups excluding carboxylic acids is 1. The van der Waals surface area contributed by atoms with Crippen LogP contribution in [0.4, 0.5) is 5.69 Å². The number of anilines is 1. The first-order chi connectivity index (χ1) is 12.0. The summed E-state index contributed by atoms with van der Waals surface area (Å²) in [5.41, 5.74) is 11.0. The van der Waals surface area contributed by atoms with Gasteiger partial charge in [-0.1, -0.05) is 24.3 Å². The van der Waals surface area contributed by atoms with Gasteiger partial charge in [0.2, 0.25) is 0 Å². The van der Waals surface area contributed by atoms with E-state index in [4.69, 9.17) is 5.73 Å². The molecule has 0 radical (unpaired) electrons. The van der Waals surface area contributed by atoms with Crippen molar-refractivity contribution >= 4 is 22.5 Å². The van der Waals surface area contributed by atoms with Gasteiger partial charge in [-0.3, -0.25) is 9.78 Å². The topological polar surface area (TPSA) is 144 Å². The van der Waals surface area contributed by atoms with Gasteiger partial charge in [-0.05, 0) is 31.3 Å². The summed E-state index contributed by atoms with van der Waals surface area (Å²) in [5.74, 6) is -0.873. The average Bonchev–Trinajstić information content (AvgIpc) is 2.63. The van der Waals surface area contributed by atoms with E-state index in [0.29, 0.717) is 22.2 Å². The number of aromatic nitrogens is 1. The summed E-state index contributed by atoms with van der Waals surface area (Å²) in [6.07, 6.45) is 0. The normalized spacial score (nSPS) is 9.24. The molecule has 0 aliphatic heterocycles. The molecule has 1 amide bonds. The van der Waals surface area contributed by atoms with Crippen molar-refractivity contribution in [1.29, 1.82) is 0 Å². The largest absolute Gasteiger partial charge is 0.419 e. The summed E-state index contributed by atoms with van der Waals surface area (Å²) in [5, 5.41) is 2.89. The molecule has 3 rings (SSSR count). The van der Waals surface area contributed by atoms with Gasteiger partial charge in [-0.15, -0.1) is 0 Å². The maximum Gasteiger partial charge on any atom is 0.419 e. The van der Waals surface area contributed by atoms with Crippen LogP contribution in [-0.4, -0.2) is 25.0 Å². The molecular weight excluding hydrogens is 324 g/mol. The number of aromatic amines is 1. The summed E-state index contributed by atoms with van der Waals surface area (Å²) >= 11 is 0. The number of amides is 1. The number of nitrogens with two attached hydrogens (primary N) is 2. The van der Waals surface area contributed by atoms with Crippen LogP contribution < -0.4 is 28.2 Å². The number of rotatable bonds is 1. The molecule has 2 aromatic carbocycles. The van der Waals surface area contributed by atoms with Gasteiger partial charge < -0.3 is 21.2 Å². The second-order valence-corrected chi connectivity index (χ2v) is 4.51. The fourth-order valence-electron chi connectivity index (χ4n) is 1.88. The van der Waals surface area contributed by atoms with Crippen LogP contribution in [0.5, 0.6) is 0 Å². The molecule has 0 saturated heterocycles. The van der Waals surface area contributed by atoms with Crippen molar-refractivity contribution < 1.29 is 9.21 Å². The molecule has 0 aliphatic carbocycles. The van der Waals surface area contributed by atoms with Gasteiger partial charge in [-0.2, -0.15) is 0 Å². The van der Waals surface area contributed by atoms with Crippen LogP contribution in [0.3, 0.4) is 0 Å². The lowest BCUT2D eigenvalue weighted by Gasteiger charge is -2.01. The first kappa shape index (κ1) is 19.7. The van der Waals surface area contributed by atoms with E-state index in [1.807, 2.05) is 0 Å². The molecule has 3 aromatic rings. The second-order valence-electron chi connectivity index (χ2n) is 4.51. The average molecular weight is 344 g/mol. The van der Waals surface area contributed by atoms with Crippen molar-refractivity contribution in [3.05, 3.63) is 75.1 Å². The highest BCUT2D eigenvalue weighted by molar-refractivity contribution is 5.98. The fourth-order valence-corrected chi connectivity index (χ4v) is 1.88. The molecule has 8 nitrogen and oxygen atoms in total. The van der Waals surface area contributed by atoms with Crippen LogP contribution in [0.2, 0.25) is 0 Å². The molecule has 1 aromatic heterocycles. The highest BCUT2D eigenvalue weighted by atomic mass is 16.4. The SMILES string of the molecule is CN.CNC(=O)c1ccccc1N.O=c1[nH]c2ccccc2c(=O)o1. The summed E-state index contributed by atoms with van der Waals surface area (Å²) in [6, 6.07) is 13.6. The Labute approximate surface area is 143 Å². The Morgan fingerprint density at radius 1 is 1.04 bits per heavy atom. The monoisotopic (exact) mass is 344 g/mol. The number of hydrogen-bond donors (Lipinski definition) is 4. The van der Waals surface area contributed by atoms with Crippen LogP contribution in [0.15, 0.2) is 62.5 Å². The number of H-pyrrole nitrogens is 1. The maximum atomic E-state index is 11.0. The fraction of sp³-hybridized carbons (Fsp3) is 0.118. The third kappa shape index (κ3) is 5.33. The number of fused-ring (bicyclic) bond motifs is 1. The molecule has 0 spiro atoms. The predicted molar refractivity (Wildman–Crippen MR) is 97.5 cm³/mol. The zero-order chi connectivity index (χ0) is 18.8. The van der Waals surface area contributed by atoms with E-state index < -0.39 is 11.4 Å². The van der Waals surface area contributed by atoms with E-state index in [-0.39, 0.29) is 5.91 Å². The molecule has 132 valence electrons. The van der Waals surface area contributed by atoms with E-state index in [9.17, 15) is 14.4 Å². The Kier molecular flexibility index (Phi) is 7.61. The molecule has 0 unspecified atom stereocenters. The number of nitrogen functional groups attached to an aromatic ring is 1. The summed E-state index contributed by atoms with van der Waals surface area (Å²) in [7, 11) is 3.08. The minimum Gasteiger partial charge on any atom is -0.398 e. The molecular formula is C17H20N4O4. The third-order valence-corrected chi connectivity index (χ3v) is 3.00. The third-order valence-electron chi connectivity index (χ3n) is 3.00. The lowest BCUT2D eigenvalue weighted by molar-refractivity contribution is 0.0964. The Morgan fingerprint density at radius 3 is 2.28 bits per heavy atom. The minimum atomic E-state index is -0.723. The molecule has 0 fully saturated rings. The molecule has 1 heterocycles. The first-order valence-corrected chi connectivity index (χ1v) is 7.29. The van der Waals surface area contributed by atoms with Crippen molar-refractivity contribution in [1.82, 2.24) is 10.3 Å². The molecule has 0 bridgehead atoms. The summed E-state index contributed by atoms with van der Waals surface area (Å²) < 4.78 is 4.32. The van der Waals surface area contributed by atoms with Crippen LogP contribution in [0.25, 0.3) is 10.9 Å². The zero-order valence-corrected chi connectivity index (χ0v) is 13.9. The van der Waals surface area contributed by atoms with Gasteiger partial charge in [-0.25, -0.2) is 9.59 Å². The number of para-hydroxylation sites is 2. The quantitative estimate of drug-likeness (QED) is 0.478.